The number of hydrogen-bond acceptors (Lipinski definition) is 3. The number of ether oxygens (including phenoxy) is 1. The Hall–Kier alpha value is -1.88. The lowest BCUT2D eigenvalue weighted by atomic mass is 9.78. The zero-order valence-corrected chi connectivity index (χ0v) is 10.9. The van der Waals surface area contributed by atoms with Crippen LogP contribution in [0.15, 0.2) is 18.2 Å². The van der Waals surface area contributed by atoms with Crippen molar-refractivity contribution in [3.05, 3.63) is 29.6 Å². The average molecular weight is 260 g/mol. The predicted molar refractivity (Wildman–Crippen MR) is 70.3 cm³/mol. The number of hydrogen-bond donors (Lipinski definition) is 2. The van der Waals surface area contributed by atoms with Gasteiger partial charge >= 0.3 is 5.97 Å². The van der Waals surface area contributed by atoms with Crippen molar-refractivity contribution in [2.75, 3.05) is 13.2 Å². The highest BCUT2D eigenvalue weighted by Crippen LogP contribution is 2.34. The molecule has 1 fully saturated rings. The van der Waals surface area contributed by atoms with E-state index in [-0.39, 0.29) is 13.2 Å². The molecular weight excluding hydrogens is 244 g/mol. The molecule has 3 rings (SSSR count). The molecule has 0 unspecified atom stereocenters. The van der Waals surface area contributed by atoms with Crippen LogP contribution in [0.3, 0.4) is 0 Å². The number of carboxylic acid groups (broad SMARTS) is 1. The van der Waals surface area contributed by atoms with Crippen LogP contribution in [0.5, 0.6) is 0 Å². The lowest BCUT2D eigenvalue weighted by molar-refractivity contribution is -0.163. The second kappa shape index (κ2) is 4.06. The second-order valence-corrected chi connectivity index (χ2v) is 5.39. The van der Waals surface area contributed by atoms with Gasteiger partial charge in [0.2, 0.25) is 0 Å². The first-order valence-electron chi connectivity index (χ1n) is 6.34. The third-order valence-electron chi connectivity index (χ3n) is 3.71. The molecule has 0 amide bonds. The van der Waals surface area contributed by atoms with Crippen LogP contribution in [0.2, 0.25) is 0 Å². The molecule has 1 aliphatic heterocycles. The molecule has 2 heterocycles. The Labute approximate surface area is 110 Å². The van der Waals surface area contributed by atoms with E-state index < -0.39 is 11.4 Å². The molecule has 0 radical (unpaired) electrons. The monoisotopic (exact) mass is 260 g/mol. The molecule has 1 aromatic carbocycles. The van der Waals surface area contributed by atoms with E-state index in [0.717, 1.165) is 22.4 Å². The number of aliphatic carboxylic acids is 1. The maximum Gasteiger partial charge on any atom is 0.318 e. The average Bonchev–Trinajstić information content (AvgIpc) is 2.70. The van der Waals surface area contributed by atoms with Crippen LogP contribution in [0, 0.1) is 0 Å². The van der Waals surface area contributed by atoms with Crippen LogP contribution >= 0.6 is 0 Å². The number of fused-ring (bicyclic) bond motifs is 1. The van der Waals surface area contributed by atoms with Gasteiger partial charge < -0.3 is 14.8 Å². The molecule has 5 nitrogen and oxygen atoms in total. The van der Waals surface area contributed by atoms with E-state index in [2.05, 4.69) is 23.8 Å². The maximum absolute atomic E-state index is 11.4. The molecule has 0 spiro atoms. The molecule has 0 atom stereocenters. The standard InChI is InChI=1S/C14H16N2O3/c1-8(2)12-15-10-4-3-9(5-11(10)16-12)14(13(17)18)6-19-7-14/h3-5,8H,6-7H2,1-2H3,(H,15,16)(H,17,18). The molecule has 5 heteroatoms. The third-order valence-corrected chi connectivity index (χ3v) is 3.71. The van der Waals surface area contributed by atoms with Crippen molar-refractivity contribution in [2.24, 2.45) is 0 Å². The Morgan fingerprint density at radius 3 is 2.74 bits per heavy atom. The number of imidazole rings is 1. The minimum absolute atomic E-state index is 0.235. The van der Waals surface area contributed by atoms with Crippen molar-refractivity contribution >= 4 is 17.0 Å². The van der Waals surface area contributed by atoms with Crippen molar-refractivity contribution in [3.8, 4) is 0 Å². The summed E-state index contributed by atoms with van der Waals surface area (Å²) in [6, 6.07) is 5.59. The highest BCUT2D eigenvalue weighted by molar-refractivity contribution is 5.85. The van der Waals surface area contributed by atoms with Gasteiger partial charge in [-0.05, 0) is 17.7 Å². The van der Waals surface area contributed by atoms with Crippen LogP contribution < -0.4 is 0 Å². The molecular formula is C14H16N2O3. The molecule has 1 aliphatic rings. The van der Waals surface area contributed by atoms with Gasteiger partial charge in [0.15, 0.2) is 0 Å². The van der Waals surface area contributed by atoms with Crippen molar-refractivity contribution in [1.82, 2.24) is 9.97 Å². The molecule has 0 aliphatic carbocycles. The van der Waals surface area contributed by atoms with Gasteiger partial charge in [-0.15, -0.1) is 0 Å². The smallest absolute Gasteiger partial charge is 0.318 e. The lowest BCUT2D eigenvalue weighted by Crippen LogP contribution is -2.53. The van der Waals surface area contributed by atoms with Gasteiger partial charge in [-0.2, -0.15) is 0 Å². The lowest BCUT2D eigenvalue weighted by Gasteiger charge is -2.37. The SMILES string of the molecule is CC(C)c1nc2ccc(C3(C(=O)O)COC3)cc2[nH]1. The van der Waals surface area contributed by atoms with Crippen molar-refractivity contribution in [3.63, 3.8) is 0 Å². The number of aromatic amines is 1. The van der Waals surface area contributed by atoms with E-state index in [0.29, 0.717) is 5.92 Å². The van der Waals surface area contributed by atoms with Crippen LogP contribution in [-0.4, -0.2) is 34.3 Å². The Balaban J connectivity index is 2.08. The fraction of sp³-hybridized carbons (Fsp3) is 0.429. The van der Waals surface area contributed by atoms with E-state index in [1.807, 2.05) is 18.2 Å². The first kappa shape index (κ1) is 12.2. The number of nitrogens with one attached hydrogen (secondary N) is 1. The molecule has 2 N–H and O–H groups in total. The fourth-order valence-corrected chi connectivity index (χ4v) is 2.32. The summed E-state index contributed by atoms with van der Waals surface area (Å²) in [7, 11) is 0. The number of benzene rings is 1. The molecule has 0 saturated carbocycles. The van der Waals surface area contributed by atoms with Gasteiger partial charge in [0, 0.05) is 5.92 Å². The summed E-state index contributed by atoms with van der Waals surface area (Å²) in [5.74, 6) is 0.402. The van der Waals surface area contributed by atoms with Crippen molar-refractivity contribution in [2.45, 2.75) is 25.2 Å². The molecule has 19 heavy (non-hydrogen) atoms. The van der Waals surface area contributed by atoms with Crippen molar-refractivity contribution in [1.29, 1.82) is 0 Å². The molecule has 0 bridgehead atoms. The van der Waals surface area contributed by atoms with E-state index in [4.69, 9.17) is 4.74 Å². The van der Waals surface area contributed by atoms with E-state index >= 15 is 0 Å². The van der Waals surface area contributed by atoms with Gasteiger partial charge in [0.05, 0.1) is 24.2 Å². The van der Waals surface area contributed by atoms with Crippen molar-refractivity contribution < 1.29 is 14.6 Å². The fourth-order valence-electron chi connectivity index (χ4n) is 2.32. The molecule has 1 aromatic heterocycles. The second-order valence-electron chi connectivity index (χ2n) is 5.39. The summed E-state index contributed by atoms with van der Waals surface area (Å²) in [4.78, 5) is 19.2. The highest BCUT2D eigenvalue weighted by atomic mass is 16.5. The zero-order chi connectivity index (χ0) is 13.6. The van der Waals surface area contributed by atoms with E-state index in [1.54, 1.807) is 0 Å². The Morgan fingerprint density at radius 2 is 2.21 bits per heavy atom. The topological polar surface area (TPSA) is 75.2 Å². The van der Waals surface area contributed by atoms with Gasteiger partial charge in [-0.25, -0.2) is 4.98 Å². The number of carboxylic acids is 1. The molecule has 100 valence electrons. The number of carbonyl (C=O) groups is 1. The Morgan fingerprint density at radius 1 is 1.47 bits per heavy atom. The molecule has 1 saturated heterocycles. The quantitative estimate of drug-likeness (QED) is 0.885. The Kier molecular flexibility index (Phi) is 2.60. The third kappa shape index (κ3) is 1.73. The summed E-state index contributed by atoms with van der Waals surface area (Å²) >= 11 is 0. The summed E-state index contributed by atoms with van der Waals surface area (Å²) in [5.41, 5.74) is 1.64. The summed E-state index contributed by atoms with van der Waals surface area (Å²) < 4.78 is 5.10. The first-order valence-corrected chi connectivity index (χ1v) is 6.34. The number of rotatable bonds is 3. The van der Waals surface area contributed by atoms with Gasteiger partial charge in [-0.1, -0.05) is 19.9 Å². The summed E-state index contributed by atoms with van der Waals surface area (Å²) in [6.07, 6.45) is 0. The van der Waals surface area contributed by atoms with Gasteiger partial charge in [-0.3, -0.25) is 4.79 Å². The predicted octanol–water partition coefficient (Wildman–Crippen LogP) is 2.04. The number of nitrogens with zero attached hydrogens (tertiary/aromatic N) is 1. The minimum atomic E-state index is -0.892. The number of aromatic nitrogens is 2. The van der Waals surface area contributed by atoms with Gasteiger partial charge in [0.1, 0.15) is 11.2 Å². The van der Waals surface area contributed by atoms with Crippen LogP contribution in [0.4, 0.5) is 0 Å². The van der Waals surface area contributed by atoms with Gasteiger partial charge in [0.25, 0.3) is 0 Å². The van der Waals surface area contributed by atoms with E-state index in [1.165, 1.54) is 0 Å². The first-order chi connectivity index (χ1) is 9.03. The maximum atomic E-state index is 11.4. The van der Waals surface area contributed by atoms with Crippen LogP contribution in [0.25, 0.3) is 11.0 Å². The summed E-state index contributed by atoms with van der Waals surface area (Å²) in [5, 5.41) is 9.40. The largest absolute Gasteiger partial charge is 0.480 e. The summed E-state index contributed by atoms with van der Waals surface area (Å²) in [6.45, 7) is 4.60. The zero-order valence-electron chi connectivity index (χ0n) is 10.9. The van der Waals surface area contributed by atoms with Crippen LogP contribution in [-0.2, 0) is 14.9 Å². The van der Waals surface area contributed by atoms with Crippen LogP contribution in [0.1, 0.15) is 31.2 Å². The minimum Gasteiger partial charge on any atom is -0.480 e. The highest BCUT2D eigenvalue weighted by Gasteiger charge is 2.48. The Bertz CT molecular complexity index is 641. The number of H-pyrrole nitrogens is 1. The molecule has 2 aromatic rings. The van der Waals surface area contributed by atoms with E-state index in [9.17, 15) is 9.90 Å². The normalized spacial score (nSPS) is 17.6.